The number of hydrogen-bond donors (Lipinski definition) is 3. The van der Waals surface area contributed by atoms with Gasteiger partial charge in [-0.2, -0.15) is 13.2 Å². The van der Waals surface area contributed by atoms with Crippen molar-refractivity contribution in [1.29, 1.82) is 0 Å². The molecule has 0 unspecified atom stereocenters. The van der Waals surface area contributed by atoms with Gasteiger partial charge in [0, 0.05) is 13.1 Å². The molecule has 1 aromatic carbocycles. The van der Waals surface area contributed by atoms with Gasteiger partial charge < -0.3 is 15.7 Å². The van der Waals surface area contributed by atoms with Crippen LogP contribution in [0.15, 0.2) is 24.3 Å². The molecular weight excluding hydrogens is 285 g/mol. The van der Waals surface area contributed by atoms with Crippen LogP contribution in [0.25, 0.3) is 0 Å². The zero-order chi connectivity index (χ0) is 16.0. The molecule has 0 heterocycles. The average molecular weight is 304 g/mol. The van der Waals surface area contributed by atoms with E-state index in [9.17, 15) is 23.1 Å². The third kappa shape index (κ3) is 6.03. The number of carbonyl (C=O) groups is 1. The van der Waals surface area contributed by atoms with Crippen molar-refractivity contribution in [2.24, 2.45) is 5.92 Å². The molecule has 21 heavy (non-hydrogen) atoms. The summed E-state index contributed by atoms with van der Waals surface area (Å²) in [5, 5.41) is 14.8. The number of nitrogens with one attached hydrogen (secondary N) is 2. The number of hydrogen-bond acceptors (Lipinski definition) is 2. The lowest BCUT2D eigenvalue weighted by molar-refractivity contribution is -0.137. The van der Waals surface area contributed by atoms with Gasteiger partial charge in [0.25, 0.3) is 0 Å². The molecule has 7 heteroatoms. The van der Waals surface area contributed by atoms with E-state index in [4.69, 9.17) is 0 Å². The normalized spacial score (nSPS) is 13.1. The van der Waals surface area contributed by atoms with E-state index in [0.717, 1.165) is 12.1 Å². The minimum atomic E-state index is -4.46. The lowest BCUT2D eigenvalue weighted by Gasteiger charge is -2.15. The highest BCUT2D eigenvalue weighted by Crippen LogP contribution is 2.30. The minimum absolute atomic E-state index is 0.106. The van der Waals surface area contributed by atoms with E-state index in [0.29, 0.717) is 6.54 Å². The third-order valence-electron chi connectivity index (χ3n) is 2.73. The molecule has 0 spiro atoms. The van der Waals surface area contributed by atoms with Gasteiger partial charge >= 0.3 is 12.2 Å². The minimum Gasteiger partial charge on any atom is -0.387 e. The lowest BCUT2D eigenvalue weighted by atomic mass is 10.1. The fraction of sp³-hybridized carbons (Fsp3) is 0.500. The predicted octanol–water partition coefficient (Wildman–Crippen LogP) is 2.69. The number of aliphatic hydroxyl groups is 1. The Balaban J connectivity index is 2.56. The molecule has 0 aromatic heterocycles. The van der Waals surface area contributed by atoms with Gasteiger partial charge in [-0.3, -0.25) is 0 Å². The Morgan fingerprint density at radius 1 is 1.24 bits per heavy atom. The molecule has 1 rings (SSSR count). The molecule has 0 saturated carbocycles. The second-order valence-electron chi connectivity index (χ2n) is 5.12. The molecule has 0 aliphatic heterocycles. The highest BCUT2D eigenvalue weighted by atomic mass is 19.4. The summed E-state index contributed by atoms with van der Waals surface area (Å²) in [6.07, 6.45) is -5.66. The van der Waals surface area contributed by atoms with Gasteiger partial charge in [0.15, 0.2) is 0 Å². The van der Waals surface area contributed by atoms with Gasteiger partial charge in [-0.25, -0.2) is 4.79 Å². The summed E-state index contributed by atoms with van der Waals surface area (Å²) >= 11 is 0. The van der Waals surface area contributed by atoms with Crippen LogP contribution in [0, 0.1) is 5.92 Å². The smallest absolute Gasteiger partial charge is 0.387 e. The monoisotopic (exact) mass is 304 g/mol. The largest absolute Gasteiger partial charge is 0.416 e. The molecule has 118 valence electrons. The van der Waals surface area contributed by atoms with Crippen LogP contribution >= 0.6 is 0 Å². The van der Waals surface area contributed by atoms with Crippen LogP contribution in [0.4, 0.5) is 18.0 Å². The van der Waals surface area contributed by atoms with E-state index in [1.165, 1.54) is 12.1 Å². The number of alkyl halides is 3. The SMILES string of the molecule is CC(C)CNC(=O)NC[C@H](O)c1cccc(C(F)(F)F)c1. The van der Waals surface area contributed by atoms with E-state index in [1.807, 2.05) is 13.8 Å². The second-order valence-corrected chi connectivity index (χ2v) is 5.12. The van der Waals surface area contributed by atoms with E-state index >= 15 is 0 Å². The lowest BCUT2D eigenvalue weighted by Crippen LogP contribution is -2.39. The van der Waals surface area contributed by atoms with E-state index in [-0.39, 0.29) is 18.0 Å². The highest BCUT2D eigenvalue weighted by molar-refractivity contribution is 5.73. The molecule has 0 fully saturated rings. The van der Waals surface area contributed by atoms with Crippen molar-refractivity contribution in [3.05, 3.63) is 35.4 Å². The predicted molar refractivity (Wildman–Crippen MR) is 72.6 cm³/mol. The van der Waals surface area contributed by atoms with Crippen molar-refractivity contribution in [3.8, 4) is 0 Å². The standard InChI is InChI=1S/C14H19F3N2O2/c1-9(2)7-18-13(21)19-8-12(20)10-4-3-5-11(6-10)14(15,16)17/h3-6,9,12,20H,7-8H2,1-2H3,(H2,18,19,21)/t12-/m0/s1. The van der Waals surface area contributed by atoms with Crippen molar-refractivity contribution < 1.29 is 23.1 Å². The molecule has 0 bridgehead atoms. The molecular formula is C14H19F3N2O2. The van der Waals surface area contributed by atoms with Gasteiger partial charge in [0.1, 0.15) is 0 Å². The van der Waals surface area contributed by atoms with Crippen LogP contribution < -0.4 is 10.6 Å². The molecule has 0 aliphatic carbocycles. The Bertz CT molecular complexity index is 476. The van der Waals surface area contributed by atoms with Crippen molar-refractivity contribution in [2.45, 2.75) is 26.1 Å². The zero-order valence-corrected chi connectivity index (χ0v) is 11.9. The number of urea groups is 1. The fourth-order valence-electron chi connectivity index (χ4n) is 1.59. The topological polar surface area (TPSA) is 61.4 Å². The van der Waals surface area contributed by atoms with Crippen molar-refractivity contribution in [3.63, 3.8) is 0 Å². The van der Waals surface area contributed by atoms with Crippen LogP contribution in [0.5, 0.6) is 0 Å². The molecule has 4 nitrogen and oxygen atoms in total. The number of benzene rings is 1. The zero-order valence-electron chi connectivity index (χ0n) is 11.9. The Kier molecular flexibility index (Phi) is 6.02. The van der Waals surface area contributed by atoms with Crippen LogP contribution in [0.2, 0.25) is 0 Å². The van der Waals surface area contributed by atoms with Crippen molar-refractivity contribution in [2.75, 3.05) is 13.1 Å². The van der Waals surface area contributed by atoms with E-state index in [2.05, 4.69) is 10.6 Å². The molecule has 0 radical (unpaired) electrons. The van der Waals surface area contributed by atoms with E-state index < -0.39 is 23.9 Å². The second kappa shape index (κ2) is 7.31. The summed E-state index contributed by atoms with van der Waals surface area (Å²) in [5.41, 5.74) is -0.725. The molecule has 2 amide bonds. The summed E-state index contributed by atoms with van der Waals surface area (Å²) in [4.78, 5) is 11.4. The molecule has 1 atom stereocenters. The number of halogens is 3. The van der Waals surface area contributed by atoms with Gasteiger partial charge in [-0.1, -0.05) is 26.0 Å². The maximum Gasteiger partial charge on any atom is 0.416 e. The highest BCUT2D eigenvalue weighted by Gasteiger charge is 2.30. The van der Waals surface area contributed by atoms with Crippen LogP contribution in [-0.4, -0.2) is 24.2 Å². The first-order valence-electron chi connectivity index (χ1n) is 6.57. The number of amides is 2. The van der Waals surface area contributed by atoms with Gasteiger partial charge in [0.05, 0.1) is 11.7 Å². The summed E-state index contributed by atoms with van der Waals surface area (Å²) in [7, 11) is 0. The quantitative estimate of drug-likeness (QED) is 0.783. The first-order chi connectivity index (χ1) is 9.70. The first kappa shape index (κ1) is 17.3. The maximum absolute atomic E-state index is 12.6. The van der Waals surface area contributed by atoms with Gasteiger partial charge in [-0.15, -0.1) is 0 Å². The average Bonchev–Trinajstić information content (AvgIpc) is 2.41. The molecule has 3 N–H and O–H groups in total. The Morgan fingerprint density at radius 3 is 2.43 bits per heavy atom. The maximum atomic E-state index is 12.6. The summed E-state index contributed by atoms with van der Waals surface area (Å²) in [6, 6.07) is 3.94. The number of rotatable bonds is 5. The number of carbonyl (C=O) groups excluding carboxylic acids is 1. The van der Waals surface area contributed by atoms with Crippen LogP contribution in [0.1, 0.15) is 31.1 Å². The Labute approximate surface area is 121 Å². The van der Waals surface area contributed by atoms with Crippen LogP contribution in [-0.2, 0) is 6.18 Å². The first-order valence-corrected chi connectivity index (χ1v) is 6.57. The van der Waals surface area contributed by atoms with Crippen molar-refractivity contribution in [1.82, 2.24) is 10.6 Å². The fourth-order valence-corrected chi connectivity index (χ4v) is 1.59. The van der Waals surface area contributed by atoms with Gasteiger partial charge in [-0.05, 0) is 23.6 Å². The Morgan fingerprint density at radius 2 is 1.86 bits per heavy atom. The van der Waals surface area contributed by atoms with Gasteiger partial charge in [0.2, 0.25) is 0 Å². The van der Waals surface area contributed by atoms with Crippen molar-refractivity contribution >= 4 is 6.03 Å². The third-order valence-corrected chi connectivity index (χ3v) is 2.73. The van der Waals surface area contributed by atoms with Crippen LogP contribution in [0.3, 0.4) is 0 Å². The summed E-state index contributed by atoms with van der Waals surface area (Å²) < 4.78 is 37.7. The summed E-state index contributed by atoms with van der Waals surface area (Å²) in [6.45, 7) is 4.17. The molecule has 0 aliphatic rings. The molecule has 1 aromatic rings. The molecule has 0 saturated heterocycles. The van der Waals surface area contributed by atoms with E-state index in [1.54, 1.807) is 0 Å². The summed E-state index contributed by atoms with van der Waals surface area (Å²) in [5.74, 6) is 0.282. The Hall–Kier alpha value is -1.76. The number of aliphatic hydroxyl groups excluding tert-OH is 1.